The zero-order chi connectivity index (χ0) is 17.3. The fourth-order valence-corrected chi connectivity index (χ4v) is 3.12. The number of imide groups is 1. The quantitative estimate of drug-likeness (QED) is 0.591. The van der Waals surface area contributed by atoms with E-state index in [4.69, 9.17) is 0 Å². The number of hydrogen-bond acceptors (Lipinski definition) is 5. The lowest BCUT2D eigenvalue weighted by Crippen LogP contribution is -2.56. The molecule has 8 heteroatoms. The van der Waals surface area contributed by atoms with Gasteiger partial charge < -0.3 is 9.80 Å². The highest BCUT2D eigenvalue weighted by molar-refractivity contribution is 6.04. The van der Waals surface area contributed by atoms with Gasteiger partial charge in [-0.2, -0.15) is 4.39 Å². The van der Waals surface area contributed by atoms with E-state index in [1.54, 1.807) is 17.0 Å². The Morgan fingerprint density at radius 1 is 1.25 bits per heavy atom. The minimum Gasteiger partial charge on any atom is -0.350 e. The van der Waals surface area contributed by atoms with Crippen molar-refractivity contribution < 1.29 is 18.8 Å². The Morgan fingerprint density at radius 3 is 2.58 bits per heavy atom. The van der Waals surface area contributed by atoms with Gasteiger partial charge in [0.2, 0.25) is 23.7 Å². The summed E-state index contributed by atoms with van der Waals surface area (Å²) in [5.74, 6) is -0.811. The summed E-state index contributed by atoms with van der Waals surface area (Å²) >= 11 is 0. The maximum Gasteiger partial charge on any atom is 0.242 e. The van der Waals surface area contributed by atoms with E-state index in [2.05, 4.69) is 4.98 Å². The van der Waals surface area contributed by atoms with Crippen molar-refractivity contribution in [1.29, 1.82) is 0 Å². The average Bonchev–Trinajstić information content (AvgIpc) is 2.86. The van der Waals surface area contributed by atoms with Gasteiger partial charge in [-0.3, -0.25) is 19.3 Å². The number of piperazine rings is 1. The molecule has 128 valence electrons. The first kappa shape index (κ1) is 16.4. The summed E-state index contributed by atoms with van der Waals surface area (Å²) in [5.41, 5.74) is 0. The molecule has 1 unspecified atom stereocenters. The Morgan fingerprint density at radius 2 is 1.96 bits per heavy atom. The molecule has 3 rings (SSSR count). The molecule has 2 fully saturated rings. The van der Waals surface area contributed by atoms with Crippen LogP contribution in [0.25, 0.3) is 0 Å². The predicted octanol–water partition coefficient (Wildman–Crippen LogP) is 0.407. The second-order valence-corrected chi connectivity index (χ2v) is 6.07. The Hall–Kier alpha value is -2.51. The lowest BCUT2D eigenvalue weighted by Gasteiger charge is -2.40. The van der Waals surface area contributed by atoms with Crippen LogP contribution in [0.1, 0.15) is 19.8 Å². The molecule has 0 bridgehead atoms. The molecule has 0 aromatic carbocycles. The van der Waals surface area contributed by atoms with Crippen molar-refractivity contribution in [2.24, 2.45) is 0 Å². The highest BCUT2D eigenvalue weighted by Crippen LogP contribution is 2.19. The van der Waals surface area contributed by atoms with E-state index < -0.39 is 5.95 Å². The lowest BCUT2D eigenvalue weighted by atomic mass is 10.2. The first-order chi connectivity index (χ1) is 11.5. The van der Waals surface area contributed by atoms with Crippen LogP contribution in [0.15, 0.2) is 18.2 Å². The Labute approximate surface area is 139 Å². The second kappa shape index (κ2) is 6.54. The van der Waals surface area contributed by atoms with Crippen molar-refractivity contribution in [2.45, 2.75) is 25.8 Å². The van der Waals surface area contributed by atoms with Crippen molar-refractivity contribution in [1.82, 2.24) is 14.8 Å². The van der Waals surface area contributed by atoms with Gasteiger partial charge >= 0.3 is 0 Å². The largest absolute Gasteiger partial charge is 0.350 e. The molecule has 2 saturated heterocycles. The molecule has 1 aromatic rings. The van der Waals surface area contributed by atoms with E-state index in [1.165, 1.54) is 6.07 Å². The van der Waals surface area contributed by atoms with Crippen LogP contribution in [-0.2, 0) is 14.4 Å². The van der Waals surface area contributed by atoms with E-state index in [-0.39, 0.29) is 43.1 Å². The average molecular weight is 334 g/mol. The van der Waals surface area contributed by atoms with Gasteiger partial charge in [-0.25, -0.2) is 4.98 Å². The minimum absolute atomic E-state index is 0.0398. The Kier molecular flexibility index (Phi) is 4.46. The molecule has 0 radical (unpaired) electrons. The maximum absolute atomic E-state index is 13.3. The fourth-order valence-electron chi connectivity index (χ4n) is 3.12. The van der Waals surface area contributed by atoms with Crippen LogP contribution in [0.4, 0.5) is 10.2 Å². The van der Waals surface area contributed by atoms with Crippen LogP contribution >= 0.6 is 0 Å². The van der Waals surface area contributed by atoms with Gasteiger partial charge in [0.05, 0.1) is 0 Å². The number of hydrogen-bond donors (Lipinski definition) is 0. The normalized spacial score (nSPS) is 21.6. The zero-order valence-corrected chi connectivity index (χ0v) is 13.4. The van der Waals surface area contributed by atoms with E-state index in [9.17, 15) is 18.8 Å². The zero-order valence-electron chi connectivity index (χ0n) is 13.4. The molecule has 24 heavy (non-hydrogen) atoms. The third kappa shape index (κ3) is 3.22. The number of nitrogens with zero attached hydrogens (tertiary/aromatic N) is 4. The van der Waals surface area contributed by atoms with Crippen molar-refractivity contribution >= 4 is 23.5 Å². The van der Waals surface area contributed by atoms with Crippen molar-refractivity contribution in [3.05, 3.63) is 24.1 Å². The van der Waals surface area contributed by atoms with Crippen molar-refractivity contribution in [3.63, 3.8) is 0 Å². The molecule has 0 N–H and O–H groups in total. The van der Waals surface area contributed by atoms with Gasteiger partial charge in [0.1, 0.15) is 12.4 Å². The lowest BCUT2D eigenvalue weighted by molar-refractivity contribution is -0.145. The van der Waals surface area contributed by atoms with Crippen molar-refractivity contribution in [2.75, 3.05) is 31.1 Å². The van der Waals surface area contributed by atoms with Gasteiger partial charge in [0.25, 0.3) is 0 Å². The van der Waals surface area contributed by atoms with Gasteiger partial charge in [-0.15, -0.1) is 0 Å². The fraction of sp³-hybridized carbons (Fsp3) is 0.500. The van der Waals surface area contributed by atoms with E-state index >= 15 is 0 Å². The molecule has 0 spiro atoms. The number of halogens is 1. The van der Waals surface area contributed by atoms with Crippen LogP contribution in [0.3, 0.4) is 0 Å². The summed E-state index contributed by atoms with van der Waals surface area (Å²) in [6.45, 7) is 3.14. The summed E-state index contributed by atoms with van der Waals surface area (Å²) in [5, 5.41) is 0. The van der Waals surface area contributed by atoms with Gasteiger partial charge in [-0.05, 0) is 19.1 Å². The third-order valence-corrected chi connectivity index (χ3v) is 4.42. The summed E-state index contributed by atoms with van der Waals surface area (Å²) in [6, 6.07) is 4.59. The van der Waals surface area contributed by atoms with Crippen molar-refractivity contribution in [3.8, 4) is 0 Å². The third-order valence-electron chi connectivity index (χ3n) is 4.42. The molecule has 0 saturated carbocycles. The molecule has 7 nitrogen and oxygen atoms in total. The molecule has 0 aliphatic carbocycles. The van der Waals surface area contributed by atoms with Gasteiger partial charge in [0.15, 0.2) is 0 Å². The number of amides is 3. The van der Waals surface area contributed by atoms with Crippen LogP contribution in [0.5, 0.6) is 0 Å². The standard InChI is InChI=1S/C16H19FN4O3/c1-11-9-19(16(24)10-21-14(22)5-6-15(21)23)7-8-20(11)13-4-2-3-12(17)18-13/h2-4,11H,5-10H2,1H3. The maximum atomic E-state index is 13.3. The topological polar surface area (TPSA) is 73.8 Å². The summed E-state index contributed by atoms with van der Waals surface area (Å²) in [7, 11) is 0. The van der Waals surface area contributed by atoms with Crippen LogP contribution in [0.2, 0.25) is 0 Å². The smallest absolute Gasteiger partial charge is 0.242 e. The number of aromatic nitrogens is 1. The highest BCUT2D eigenvalue weighted by atomic mass is 19.1. The second-order valence-electron chi connectivity index (χ2n) is 6.07. The highest BCUT2D eigenvalue weighted by Gasteiger charge is 2.34. The van der Waals surface area contributed by atoms with Crippen LogP contribution in [-0.4, -0.2) is 64.7 Å². The summed E-state index contributed by atoms with van der Waals surface area (Å²) in [4.78, 5) is 44.1. The number of likely N-dealkylation sites (tertiary alicyclic amines) is 1. The molecular weight excluding hydrogens is 315 g/mol. The molecule has 2 aliphatic rings. The van der Waals surface area contributed by atoms with Crippen LogP contribution < -0.4 is 4.90 Å². The minimum atomic E-state index is -0.538. The van der Waals surface area contributed by atoms with Gasteiger partial charge in [-0.1, -0.05) is 6.07 Å². The SMILES string of the molecule is CC1CN(C(=O)CN2C(=O)CCC2=O)CCN1c1cccc(F)n1. The first-order valence-electron chi connectivity index (χ1n) is 7.96. The Bertz CT molecular complexity index is 665. The van der Waals surface area contributed by atoms with Gasteiger partial charge in [0, 0.05) is 38.5 Å². The number of carbonyl (C=O) groups excluding carboxylic acids is 3. The monoisotopic (exact) mass is 334 g/mol. The van der Waals surface area contributed by atoms with Crippen LogP contribution in [0, 0.1) is 5.95 Å². The first-order valence-corrected chi connectivity index (χ1v) is 7.96. The predicted molar refractivity (Wildman–Crippen MR) is 83.5 cm³/mol. The number of rotatable bonds is 3. The molecule has 1 aromatic heterocycles. The molecule has 3 amide bonds. The Balaban J connectivity index is 1.61. The number of carbonyl (C=O) groups is 3. The summed E-state index contributed by atoms with van der Waals surface area (Å²) in [6.07, 6.45) is 0.364. The molecular formula is C16H19FN4O3. The van der Waals surface area contributed by atoms with E-state index in [0.717, 1.165) is 4.90 Å². The molecule has 2 aliphatic heterocycles. The molecule has 1 atom stereocenters. The number of pyridine rings is 1. The number of anilines is 1. The van der Waals surface area contributed by atoms with E-state index in [0.29, 0.717) is 25.5 Å². The van der Waals surface area contributed by atoms with E-state index in [1.807, 2.05) is 11.8 Å². The molecule has 3 heterocycles. The summed E-state index contributed by atoms with van der Waals surface area (Å²) < 4.78 is 13.3.